The summed E-state index contributed by atoms with van der Waals surface area (Å²) in [6.07, 6.45) is 0. The number of benzene rings is 2. The first-order valence-electron chi connectivity index (χ1n) is 7.42. The number of aromatic amines is 1. The van der Waals surface area contributed by atoms with Gasteiger partial charge in [-0.3, -0.25) is 10.1 Å². The fourth-order valence-electron chi connectivity index (χ4n) is 2.55. The number of pyridine rings is 1. The monoisotopic (exact) mass is 350 g/mol. The molecule has 7 nitrogen and oxygen atoms in total. The van der Waals surface area contributed by atoms with E-state index >= 15 is 0 Å². The van der Waals surface area contributed by atoms with Gasteiger partial charge in [-0.05, 0) is 23.4 Å². The quantitative estimate of drug-likeness (QED) is 0.590. The molecule has 0 unspecified atom stereocenters. The maximum Gasteiger partial charge on any atom is 0.270 e. The number of fused-ring (bicyclic) bond motifs is 1. The molecule has 2 aromatic carbocycles. The van der Waals surface area contributed by atoms with Crippen molar-refractivity contribution in [3.8, 4) is 11.3 Å². The number of amides is 1. The topological polar surface area (TPSA) is 96.5 Å². The molecule has 0 atom stereocenters. The molecule has 25 heavy (non-hydrogen) atoms. The molecule has 122 valence electrons. The van der Waals surface area contributed by atoms with Crippen LogP contribution >= 0.6 is 11.6 Å². The zero-order chi connectivity index (χ0) is 17.2. The Morgan fingerprint density at radius 1 is 1.08 bits per heavy atom. The molecular formula is C17H11ClN6O. The number of halogens is 1. The van der Waals surface area contributed by atoms with E-state index in [-0.39, 0.29) is 11.9 Å². The highest BCUT2D eigenvalue weighted by molar-refractivity contribution is 6.33. The summed E-state index contributed by atoms with van der Waals surface area (Å²) < 4.78 is 0. The number of rotatable bonds is 3. The van der Waals surface area contributed by atoms with E-state index in [0.29, 0.717) is 21.8 Å². The summed E-state index contributed by atoms with van der Waals surface area (Å²) in [6, 6.07) is 16.5. The minimum atomic E-state index is -0.353. The summed E-state index contributed by atoms with van der Waals surface area (Å²) in [4.78, 5) is 17.3. The molecule has 0 fully saturated rings. The lowest BCUT2D eigenvalue weighted by molar-refractivity contribution is 0.102. The number of carbonyl (C=O) groups excluding carboxylic acids is 1. The predicted molar refractivity (Wildman–Crippen MR) is 94.3 cm³/mol. The Labute approximate surface area is 147 Å². The Hall–Kier alpha value is -3.32. The Morgan fingerprint density at radius 2 is 1.88 bits per heavy atom. The van der Waals surface area contributed by atoms with Crippen molar-refractivity contribution in [3.63, 3.8) is 0 Å². The zero-order valence-electron chi connectivity index (χ0n) is 12.8. The van der Waals surface area contributed by atoms with Gasteiger partial charge in [-0.25, -0.2) is 4.98 Å². The van der Waals surface area contributed by atoms with Crippen molar-refractivity contribution < 1.29 is 4.79 Å². The summed E-state index contributed by atoms with van der Waals surface area (Å²) >= 11 is 6.28. The van der Waals surface area contributed by atoms with Crippen LogP contribution in [0.25, 0.3) is 22.2 Å². The van der Waals surface area contributed by atoms with Crippen molar-refractivity contribution in [2.45, 2.75) is 0 Å². The van der Waals surface area contributed by atoms with E-state index in [2.05, 4.69) is 30.9 Å². The third kappa shape index (κ3) is 2.92. The summed E-state index contributed by atoms with van der Waals surface area (Å²) in [5.41, 5.74) is 2.51. The summed E-state index contributed by atoms with van der Waals surface area (Å²) in [7, 11) is 0. The van der Waals surface area contributed by atoms with Gasteiger partial charge in [0, 0.05) is 16.0 Å². The molecule has 2 heterocycles. The van der Waals surface area contributed by atoms with Gasteiger partial charge < -0.3 is 0 Å². The molecule has 0 aliphatic rings. The molecule has 0 spiro atoms. The van der Waals surface area contributed by atoms with Crippen LogP contribution in [0.15, 0.2) is 54.6 Å². The first kappa shape index (κ1) is 15.2. The van der Waals surface area contributed by atoms with Crippen LogP contribution in [0.4, 0.5) is 5.95 Å². The molecule has 0 saturated carbocycles. The maximum atomic E-state index is 12.7. The third-order valence-electron chi connectivity index (χ3n) is 3.68. The van der Waals surface area contributed by atoms with Gasteiger partial charge in [-0.15, -0.1) is 5.10 Å². The van der Waals surface area contributed by atoms with Gasteiger partial charge in [0.2, 0.25) is 0 Å². The average molecular weight is 351 g/mol. The number of aromatic nitrogens is 5. The highest BCUT2D eigenvalue weighted by atomic mass is 35.5. The van der Waals surface area contributed by atoms with E-state index in [4.69, 9.17) is 11.6 Å². The molecule has 0 saturated heterocycles. The minimum Gasteiger partial charge on any atom is -0.288 e. The number of para-hydroxylation sites is 1. The molecule has 1 amide bonds. The second-order valence-electron chi connectivity index (χ2n) is 5.24. The van der Waals surface area contributed by atoms with Crippen LogP contribution in [0, 0.1) is 0 Å². The first-order chi connectivity index (χ1) is 12.2. The molecule has 4 rings (SSSR count). The second-order valence-corrected chi connectivity index (χ2v) is 5.65. The molecule has 0 bridgehead atoms. The fraction of sp³-hybridized carbons (Fsp3) is 0. The maximum absolute atomic E-state index is 12.7. The number of hydrogen-bond acceptors (Lipinski definition) is 5. The van der Waals surface area contributed by atoms with Crippen LogP contribution in [0.3, 0.4) is 0 Å². The molecule has 0 aliphatic carbocycles. The van der Waals surface area contributed by atoms with Crippen LogP contribution < -0.4 is 5.32 Å². The number of nitrogens with one attached hydrogen (secondary N) is 2. The van der Waals surface area contributed by atoms with Crippen molar-refractivity contribution in [3.05, 3.63) is 65.2 Å². The highest BCUT2D eigenvalue weighted by Gasteiger charge is 2.16. The van der Waals surface area contributed by atoms with Gasteiger partial charge in [-0.1, -0.05) is 53.1 Å². The van der Waals surface area contributed by atoms with Crippen LogP contribution in [0.2, 0.25) is 5.02 Å². The number of anilines is 1. The lowest BCUT2D eigenvalue weighted by Crippen LogP contribution is -2.14. The van der Waals surface area contributed by atoms with Crippen LogP contribution in [-0.2, 0) is 0 Å². The van der Waals surface area contributed by atoms with Crippen molar-refractivity contribution in [2.24, 2.45) is 0 Å². The summed E-state index contributed by atoms with van der Waals surface area (Å²) in [5.74, 6) is -0.251. The van der Waals surface area contributed by atoms with Crippen molar-refractivity contribution >= 4 is 34.4 Å². The molecule has 0 aliphatic heterocycles. The SMILES string of the molecule is O=C(Nc1nn[nH]n1)c1cc(-c2ccccc2Cl)nc2ccccc12. The van der Waals surface area contributed by atoms with Gasteiger partial charge >= 0.3 is 0 Å². The van der Waals surface area contributed by atoms with Gasteiger partial charge in [0.1, 0.15) is 0 Å². The van der Waals surface area contributed by atoms with Crippen LogP contribution in [-0.4, -0.2) is 31.5 Å². The van der Waals surface area contributed by atoms with E-state index < -0.39 is 0 Å². The van der Waals surface area contributed by atoms with Gasteiger partial charge in [0.15, 0.2) is 0 Å². The molecule has 0 radical (unpaired) electrons. The van der Waals surface area contributed by atoms with Crippen molar-refractivity contribution in [1.29, 1.82) is 0 Å². The largest absolute Gasteiger partial charge is 0.288 e. The second kappa shape index (κ2) is 6.29. The van der Waals surface area contributed by atoms with E-state index in [1.54, 1.807) is 12.1 Å². The van der Waals surface area contributed by atoms with Crippen molar-refractivity contribution in [1.82, 2.24) is 25.6 Å². The standard InChI is InChI=1S/C17H11ClN6O/c18-13-7-3-1-6-11(13)15-9-12(10-5-2-4-8-14(10)19-15)16(25)20-17-21-23-24-22-17/h1-9H,(H2,20,21,22,23,24,25). The van der Waals surface area contributed by atoms with Gasteiger partial charge in [0.05, 0.1) is 16.8 Å². The molecule has 2 N–H and O–H groups in total. The molecule has 8 heteroatoms. The van der Waals surface area contributed by atoms with E-state index in [1.165, 1.54) is 0 Å². The van der Waals surface area contributed by atoms with Crippen LogP contribution in [0.5, 0.6) is 0 Å². The Balaban J connectivity index is 1.87. The Morgan fingerprint density at radius 3 is 2.68 bits per heavy atom. The zero-order valence-corrected chi connectivity index (χ0v) is 13.5. The normalized spacial score (nSPS) is 10.8. The minimum absolute atomic E-state index is 0.102. The summed E-state index contributed by atoms with van der Waals surface area (Å²) in [6.45, 7) is 0. The Kier molecular flexibility index (Phi) is 3.83. The Bertz CT molecular complexity index is 1060. The van der Waals surface area contributed by atoms with Gasteiger partial charge in [0.25, 0.3) is 11.9 Å². The lowest BCUT2D eigenvalue weighted by Gasteiger charge is -2.10. The molecule has 2 aromatic heterocycles. The number of tetrazole rings is 1. The van der Waals surface area contributed by atoms with Gasteiger partial charge in [-0.2, -0.15) is 5.21 Å². The highest BCUT2D eigenvalue weighted by Crippen LogP contribution is 2.29. The van der Waals surface area contributed by atoms with Crippen molar-refractivity contribution in [2.75, 3.05) is 5.32 Å². The number of nitrogens with zero attached hydrogens (tertiary/aromatic N) is 4. The number of H-pyrrole nitrogens is 1. The lowest BCUT2D eigenvalue weighted by atomic mass is 10.0. The number of carbonyl (C=O) groups is 1. The molecular weight excluding hydrogens is 340 g/mol. The predicted octanol–water partition coefficient (Wildman–Crippen LogP) is 3.32. The third-order valence-corrected chi connectivity index (χ3v) is 4.01. The van der Waals surface area contributed by atoms with E-state index in [1.807, 2.05) is 42.5 Å². The smallest absolute Gasteiger partial charge is 0.270 e. The summed E-state index contributed by atoms with van der Waals surface area (Å²) in [5, 5.41) is 17.1. The van der Waals surface area contributed by atoms with Crippen LogP contribution in [0.1, 0.15) is 10.4 Å². The average Bonchev–Trinajstić information content (AvgIpc) is 3.14. The number of hydrogen-bond donors (Lipinski definition) is 2. The first-order valence-corrected chi connectivity index (χ1v) is 7.79. The molecule has 4 aromatic rings. The van der Waals surface area contributed by atoms with E-state index in [9.17, 15) is 4.79 Å². The fourth-order valence-corrected chi connectivity index (χ4v) is 2.79. The van der Waals surface area contributed by atoms with E-state index in [0.717, 1.165) is 10.9 Å².